The number of hydrogen-bond donors (Lipinski definition) is 3. The fraction of sp³-hybridized carbons (Fsp3) is 0.211. The second-order valence-electron chi connectivity index (χ2n) is 6.16. The lowest BCUT2D eigenvalue weighted by atomic mass is 10.1. The number of pyridine rings is 1. The van der Waals surface area contributed by atoms with E-state index in [4.69, 9.17) is 18.0 Å². The normalized spacial score (nSPS) is 10.7. The molecule has 1 aromatic carbocycles. The Labute approximate surface area is 156 Å². The maximum atomic E-state index is 12.2. The Bertz CT molecular complexity index is 888. The molecular formula is C19H18ClN3O3. The molecule has 0 fully saturated rings. The van der Waals surface area contributed by atoms with Crippen LogP contribution in [0, 0.1) is 12.3 Å². The number of nitrogens with one attached hydrogen (secondary N) is 2. The number of aromatic hydroxyl groups is 1. The van der Waals surface area contributed by atoms with Gasteiger partial charge in [0.15, 0.2) is 0 Å². The number of benzene rings is 1. The Kier molecular flexibility index (Phi) is 5.86. The van der Waals surface area contributed by atoms with Crippen LogP contribution in [0.25, 0.3) is 0 Å². The lowest BCUT2D eigenvalue weighted by molar-refractivity contribution is -0.115. The minimum Gasteiger partial charge on any atom is -0.506 e. The highest BCUT2D eigenvalue weighted by molar-refractivity contribution is 6.32. The maximum Gasteiger partial charge on any atom is 0.271 e. The fourth-order valence-corrected chi connectivity index (χ4v) is 2.19. The predicted octanol–water partition coefficient (Wildman–Crippen LogP) is 2.76. The van der Waals surface area contributed by atoms with Gasteiger partial charge in [-0.1, -0.05) is 23.6 Å². The monoisotopic (exact) mass is 371 g/mol. The molecule has 0 spiro atoms. The number of carbonyl (C=O) groups is 2. The number of terminal acetylenes is 1. The van der Waals surface area contributed by atoms with Crippen molar-refractivity contribution in [3.05, 3.63) is 52.8 Å². The molecule has 0 saturated carbocycles. The average Bonchev–Trinajstić information content (AvgIpc) is 2.58. The summed E-state index contributed by atoms with van der Waals surface area (Å²) in [5, 5.41) is 15.1. The Morgan fingerprint density at radius 2 is 2.04 bits per heavy atom. The smallest absolute Gasteiger partial charge is 0.271 e. The van der Waals surface area contributed by atoms with Crippen molar-refractivity contribution in [2.24, 2.45) is 0 Å². The Balaban J connectivity index is 2.05. The third-order valence-corrected chi connectivity index (χ3v) is 3.76. The summed E-state index contributed by atoms with van der Waals surface area (Å²) in [6.45, 7) is 3.39. The lowest BCUT2D eigenvalue weighted by Crippen LogP contribution is -2.42. The number of phenols is 1. The summed E-state index contributed by atoms with van der Waals surface area (Å²) in [6, 6.07) is 7.62. The minimum atomic E-state index is -0.811. The van der Waals surface area contributed by atoms with Crippen LogP contribution in [0.15, 0.2) is 36.5 Å². The predicted molar refractivity (Wildman–Crippen MR) is 100 cm³/mol. The SMILES string of the molecule is C#CC(C)(C)NC(=O)c1cc(NC(=O)Cc2ccc(Cl)c(O)c2)ccn1. The van der Waals surface area contributed by atoms with Gasteiger partial charge in [0.2, 0.25) is 5.91 Å². The van der Waals surface area contributed by atoms with Crippen molar-refractivity contribution < 1.29 is 14.7 Å². The highest BCUT2D eigenvalue weighted by Crippen LogP contribution is 2.24. The van der Waals surface area contributed by atoms with Crippen LogP contribution in [0.4, 0.5) is 5.69 Å². The largest absolute Gasteiger partial charge is 0.506 e. The molecule has 0 aliphatic carbocycles. The van der Waals surface area contributed by atoms with Gasteiger partial charge in [-0.3, -0.25) is 14.6 Å². The van der Waals surface area contributed by atoms with Crippen molar-refractivity contribution in [1.82, 2.24) is 10.3 Å². The molecule has 3 N–H and O–H groups in total. The zero-order valence-corrected chi connectivity index (χ0v) is 15.1. The van der Waals surface area contributed by atoms with Crippen molar-refractivity contribution in [3.63, 3.8) is 0 Å². The first-order chi connectivity index (χ1) is 12.2. The molecule has 6 nitrogen and oxygen atoms in total. The Morgan fingerprint density at radius 3 is 2.69 bits per heavy atom. The van der Waals surface area contributed by atoms with E-state index in [2.05, 4.69) is 21.5 Å². The third-order valence-electron chi connectivity index (χ3n) is 3.44. The minimum absolute atomic E-state index is 0.0404. The number of amides is 2. The maximum absolute atomic E-state index is 12.2. The van der Waals surface area contributed by atoms with Gasteiger partial charge in [-0.2, -0.15) is 0 Å². The molecule has 2 amide bonds. The summed E-state index contributed by atoms with van der Waals surface area (Å²) in [5.74, 6) is 1.63. The van der Waals surface area contributed by atoms with Crippen molar-refractivity contribution >= 4 is 29.1 Å². The van der Waals surface area contributed by atoms with Gasteiger partial charge in [-0.25, -0.2) is 0 Å². The second-order valence-corrected chi connectivity index (χ2v) is 6.57. The topological polar surface area (TPSA) is 91.3 Å². The van der Waals surface area contributed by atoms with Gasteiger partial charge in [0, 0.05) is 11.9 Å². The summed E-state index contributed by atoms with van der Waals surface area (Å²) in [7, 11) is 0. The number of phenolic OH excluding ortho intramolecular Hbond substituents is 1. The third kappa shape index (κ3) is 5.23. The van der Waals surface area contributed by atoms with Gasteiger partial charge < -0.3 is 15.7 Å². The number of carbonyl (C=O) groups excluding carboxylic acids is 2. The van der Waals surface area contributed by atoms with Crippen LogP contribution in [-0.2, 0) is 11.2 Å². The van der Waals surface area contributed by atoms with Crippen LogP contribution in [0.1, 0.15) is 29.9 Å². The van der Waals surface area contributed by atoms with Gasteiger partial charge in [-0.15, -0.1) is 6.42 Å². The summed E-state index contributed by atoms with van der Waals surface area (Å²) >= 11 is 5.74. The van der Waals surface area contributed by atoms with Crippen molar-refractivity contribution in [3.8, 4) is 18.1 Å². The molecule has 2 rings (SSSR count). The fourth-order valence-electron chi connectivity index (χ4n) is 2.08. The molecule has 1 aromatic heterocycles. The van der Waals surface area contributed by atoms with Crippen LogP contribution in [0.5, 0.6) is 5.75 Å². The molecule has 0 aliphatic heterocycles. The number of nitrogens with zero attached hydrogens (tertiary/aromatic N) is 1. The number of anilines is 1. The average molecular weight is 372 g/mol. The highest BCUT2D eigenvalue weighted by Gasteiger charge is 2.19. The first-order valence-electron chi connectivity index (χ1n) is 7.74. The highest BCUT2D eigenvalue weighted by atomic mass is 35.5. The van der Waals surface area contributed by atoms with Gasteiger partial charge in [0.25, 0.3) is 5.91 Å². The van der Waals surface area contributed by atoms with Crippen LogP contribution in [-0.4, -0.2) is 27.4 Å². The molecule has 7 heteroatoms. The van der Waals surface area contributed by atoms with E-state index < -0.39 is 11.4 Å². The first-order valence-corrected chi connectivity index (χ1v) is 8.11. The first kappa shape index (κ1) is 19.3. The molecule has 0 aliphatic rings. The molecule has 0 unspecified atom stereocenters. The van der Waals surface area contributed by atoms with E-state index in [1.54, 1.807) is 26.0 Å². The van der Waals surface area contributed by atoms with E-state index in [9.17, 15) is 14.7 Å². The number of hydrogen-bond acceptors (Lipinski definition) is 4. The van der Waals surface area contributed by atoms with Crippen LogP contribution >= 0.6 is 11.6 Å². The van der Waals surface area contributed by atoms with E-state index in [0.717, 1.165) is 0 Å². The van der Waals surface area contributed by atoms with Crippen LogP contribution in [0.3, 0.4) is 0 Å². The van der Waals surface area contributed by atoms with E-state index in [1.807, 2.05) is 0 Å². The number of halogens is 1. The van der Waals surface area contributed by atoms with Crippen LogP contribution < -0.4 is 10.6 Å². The van der Waals surface area contributed by atoms with Gasteiger partial charge in [0.1, 0.15) is 11.4 Å². The van der Waals surface area contributed by atoms with Crippen molar-refractivity contribution in [2.75, 3.05) is 5.32 Å². The molecule has 1 heterocycles. The van der Waals surface area contributed by atoms with Gasteiger partial charge in [0.05, 0.1) is 17.0 Å². The quantitative estimate of drug-likeness (QED) is 0.705. The number of aromatic nitrogens is 1. The van der Waals surface area contributed by atoms with Crippen molar-refractivity contribution in [1.29, 1.82) is 0 Å². The van der Waals surface area contributed by atoms with E-state index in [0.29, 0.717) is 11.3 Å². The van der Waals surface area contributed by atoms with Crippen molar-refractivity contribution in [2.45, 2.75) is 25.8 Å². The zero-order chi connectivity index (χ0) is 19.3. The zero-order valence-electron chi connectivity index (χ0n) is 14.3. The van der Waals surface area contributed by atoms with Crippen LogP contribution in [0.2, 0.25) is 5.02 Å². The number of rotatable bonds is 5. The second kappa shape index (κ2) is 7.89. The summed E-state index contributed by atoms with van der Waals surface area (Å²) < 4.78 is 0. The molecule has 0 saturated heterocycles. The van der Waals surface area contributed by atoms with Gasteiger partial charge in [-0.05, 0) is 43.7 Å². The standard InChI is InChI=1S/C19H18ClN3O3/c1-4-19(2,3)23-18(26)15-11-13(7-8-21-15)22-17(25)10-12-5-6-14(20)16(24)9-12/h1,5-9,11,24H,10H2,2-3H3,(H,23,26)(H,21,22,25). The molecular weight excluding hydrogens is 354 g/mol. The Hall–Kier alpha value is -3.04. The van der Waals surface area contributed by atoms with Gasteiger partial charge >= 0.3 is 0 Å². The molecule has 0 radical (unpaired) electrons. The molecule has 2 aromatic rings. The van der Waals surface area contributed by atoms with E-state index in [-0.39, 0.29) is 28.8 Å². The summed E-state index contributed by atoms with van der Waals surface area (Å²) in [6.07, 6.45) is 6.81. The van der Waals surface area contributed by atoms with E-state index >= 15 is 0 Å². The summed E-state index contributed by atoms with van der Waals surface area (Å²) in [5.41, 5.74) is 0.350. The molecule has 134 valence electrons. The Morgan fingerprint density at radius 1 is 1.31 bits per heavy atom. The lowest BCUT2D eigenvalue weighted by Gasteiger charge is -2.19. The van der Waals surface area contributed by atoms with E-state index in [1.165, 1.54) is 24.4 Å². The summed E-state index contributed by atoms with van der Waals surface area (Å²) in [4.78, 5) is 28.3. The molecule has 0 bridgehead atoms. The molecule has 26 heavy (non-hydrogen) atoms. The molecule has 0 atom stereocenters.